The van der Waals surface area contributed by atoms with E-state index in [4.69, 9.17) is 9.94 Å². The molecule has 0 saturated heterocycles. The molecule has 0 spiro atoms. The van der Waals surface area contributed by atoms with E-state index in [0.29, 0.717) is 16.6 Å². The molecule has 0 amide bonds. The van der Waals surface area contributed by atoms with Crippen LogP contribution in [0.2, 0.25) is 0 Å². The van der Waals surface area contributed by atoms with Gasteiger partial charge in [-0.15, -0.1) is 0 Å². The lowest BCUT2D eigenvalue weighted by atomic mass is 10.1. The molecule has 0 bridgehead atoms. The first-order valence-electron chi connectivity index (χ1n) is 4.86. The fourth-order valence-electron chi connectivity index (χ4n) is 1.59. The van der Waals surface area contributed by atoms with E-state index in [9.17, 15) is 9.59 Å². The summed E-state index contributed by atoms with van der Waals surface area (Å²) < 4.78 is 1.09. The summed E-state index contributed by atoms with van der Waals surface area (Å²) in [6.07, 6.45) is 0. The summed E-state index contributed by atoms with van der Waals surface area (Å²) in [5.74, 6) is -1.51. The van der Waals surface area contributed by atoms with Crippen molar-refractivity contribution in [3.8, 4) is 0 Å². The van der Waals surface area contributed by atoms with Crippen molar-refractivity contribution in [3.05, 3.63) is 29.6 Å². The van der Waals surface area contributed by atoms with E-state index in [-0.39, 0.29) is 11.6 Å². The summed E-state index contributed by atoms with van der Waals surface area (Å²) in [4.78, 5) is 31.0. The Morgan fingerprint density at radius 3 is 2.65 bits per heavy atom. The number of carboxylic acid groups (broad SMARTS) is 1. The van der Waals surface area contributed by atoms with Gasteiger partial charge in [-0.2, -0.15) is 4.73 Å². The summed E-state index contributed by atoms with van der Waals surface area (Å²) >= 11 is 0. The second kappa shape index (κ2) is 3.89. The number of aromatic nitrogens is 2. The van der Waals surface area contributed by atoms with Gasteiger partial charge in [0.15, 0.2) is 5.78 Å². The maximum Gasteiger partial charge on any atom is 0.375 e. The molecule has 0 atom stereocenters. The molecule has 0 aliphatic carbocycles. The Balaban J connectivity index is 2.75. The van der Waals surface area contributed by atoms with Gasteiger partial charge in [-0.25, -0.2) is 9.78 Å². The normalized spacial score (nSPS) is 10.5. The summed E-state index contributed by atoms with van der Waals surface area (Å²) in [5.41, 5.74) is 1.40. The molecular formula is C11H10N2O4. The predicted molar refractivity (Wildman–Crippen MR) is 59.2 cm³/mol. The molecule has 2 rings (SSSR count). The van der Waals surface area contributed by atoms with Crippen molar-refractivity contribution >= 4 is 22.8 Å². The number of benzene rings is 1. The number of nitrogens with zero attached hydrogens (tertiary/aromatic N) is 2. The van der Waals surface area contributed by atoms with Crippen LogP contribution in [0, 0.1) is 0 Å². The Labute approximate surface area is 96.4 Å². The van der Waals surface area contributed by atoms with Crippen LogP contribution in [0.3, 0.4) is 0 Å². The Morgan fingerprint density at radius 2 is 2.12 bits per heavy atom. The molecule has 0 saturated carbocycles. The van der Waals surface area contributed by atoms with Crippen LogP contribution in [0.1, 0.15) is 27.9 Å². The van der Waals surface area contributed by atoms with Crippen LogP contribution in [-0.4, -0.2) is 33.7 Å². The zero-order valence-electron chi connectivity index (χ0n) is 9.30. The number of carbonyl (C=O) groups excluding carboxylic acids is 1. The molecule has 0 fully saturated rings. The van der Waals surface area contributed by atoms with E-state index >= 15 is 0 Å². The largest absolute Gasteiger partial charge is 0.475 e. The van der Waals surface area contributed by atoms with Crippen LogP contribution >= 0.6 is 0 Å². The average Bonchev–Trinajstić information content (AvgIpc) is 2.66. The highest BCUT2D eigenvalue weighted by Gasteiger charge is 2.18. The Kier molecular flexibility index (Phi) is 2.55. The van der Waals surface area contributed by atoms with Crippen LogP contribution < -0.4 is 4.84 Å². The molecule has 0 unspecified atom stereocenters. The number of hydrogen-bond acceptors (Lipinski definition) is 4. The van der Waals surface area contributed by atoms with E-state index in [1.807, 2.05) is 0 Å². The first kappa shape index (κ1) is 11.1. The lowest BCUT2D eigenvalue weighted by molar-refractivity contribution is 0.0635. The highest BCUT2D eigenvalue weighted by Crippen LogP contribution is 2.17. The molecule has 1 heterocycles. The standard InChI is InChI=1S/C11H10N2O4/c1-6(14)7-3-4-8-9(5-7)13(17-2)10(12-8)11(15)16/h3-5H,1-2H3,(H,15,16). The quantitative estimate of drug-likeness (QED) is 0.801. The van der Waals surface area contributed by atoms with Crippen molar-refractivity contribution in [1.82, 2.24) is 9.71 Å². The van der Waals surface area contributed by atoms with E-state index in [0.717, 1.165) is 4.73 Å². The van der Waals surface area contributed by atoms with Crippen molar-refractivity contribution in [2.75, 3.05) is 7.11 Å². The molecule has 0 aliphatic heterocycles. The maximum atomic E-state index is 11.2. The third kappa shape index (κ3) is 1.73. The minimum atomic E-state index is -1.19. The number of imidazole rings is 1. The highest BCUT2D eigenvalue weighted by molar-refractivity contribution is 5.98. The molecule has 0 radical (unpaired) electrons. The Hall–Kier alpha value is -2.37. The molecule has 1 N–H and O–H groups in total. The molecule has 6 nitrogen and oxygen atoms in total. The van der Waals surface area contributed by atoms with Gasteiger partial charge >= 0.3 is 5.97 Å². The third-order valence-corrected chi connectivity index (χ3v) is 2.39. The number of carbonyl (C=O) groups is 2. The molecule has 2 aromatic rings. The number of aromatic carboxylic acids is 1. The van der Waals surface area contributed by atoms with Crippen molar-refractivity contribution in [2.45, 2.75) is 6.92 Å². The van der Waals surface area contributed by atoms with Crippen LogP contribution in [0.5, 0.6) is 0 Å². The SMILES string of the molecule is COn1c(C(=O)O)nc2ccc(C(C)=O)cc21. The monoisotopic (exact) mass is 234 g/mol. The summed E-state index contributed by atoms with van der Waals surface area (Å²) in [6.45, 7) is 1.44. The zero-order chi connectivity index (χ0) is 12.6. The topological polar surface area (TPSA) is 81.4 Å². The van der Waals surface area contributed by atoms with Crippen molar-refractivity contribution in [2.24, 2.45) is 0 Å². The van der Waals surface area contributed by atoms with Gasteiger partial charge in [0.05, 0.1) is 5.52 Å². The molecular weight excluding hydrogens is 224 g/mol. The van der Waals surface area contributed by atoms with E-state index in [1.54, 1.807) is 18.2 Å². The first-order chi connectivity index (χ1) is 8.04. The Morgan fingerprint density at radius 1 is 1.41 bits per heavy atom. The summed E-state index contributed by atoms with van der Waals surface area (Å²) in [7, 11) is 1.34. The molecule has 17 heavy (non-hydrogen) atoms. The van der Waals surface area contributed by atoms with Gasteiger partial charge in [0.25, 0.3) is 5.82 Å². The zero-order valence-corrected chi connectivity index (χ0v) is 9.30. The third-order valence-electron chi connectivity index (χ3n) is 2.39. The van der Waals surface area contributed by atoms with Gasteiger partial charge in [-0.1, -0.05) is 0 Å². The minimum absolute atomic E-state index is 0.104. The summed E-state index contributed by atoms with van der Waals surface area (Å²) in [5, 5.41) is 8.95. The van der Waals surface area contributed by atoms with Crippen LogP contribution in [0.25, 0.3) is 11.0 Å². The number of rotatable bonds is 3. The number of fused-ring (bicyclic) bond motifs is 1. The highest BCUT2D eigenvalue weighted by atomic mass is 16.6. The fraction of sp³-hybridized carbons (Fsp3) is 0.182. The van der Waals surface area contributed by atoms with Gasteiger partial charge in [-0.3, -0.25) is 4.79 Å². The predicted octanol–water partition coefficient (Wildman–Crippen LogP) is 0.995. The van der Waals surface area contributed by atoms with Gasteiger partial charge < -0.3 is 9.94 Å². The van der Waals surface area contributed by atoms with Gasteiger partial charge in [0.2, 0.25) is 0 Å². The fourth-order valence-corrected chi connectivity index (χ4v) is 1.59. The second-order valence-corrected chi connectivity index (χ2v) is 3.48. The average molecular weight is 234 g/mol. The minimum Gasteiger partial charge on any atom is -0.475 e. The van der Waals surface area contributed by atoms with Crippen LogP contribution in [-0.2, 0) is 0 Å². The van der Waals surface area contributed by atoms with Crippen LogP contribution in [0.4, 0.5) is 0 Å². The molecule has 6 heteroatoms. The number of carboxylic acids is 1. The Bertz CT molecular complexity index is 615. The molecule has 88 valence electrons. The summed E-state index contributed by atoms with van der Waals surface area (Å²) in [6, 6.07) is 4.75. The van der Waals surface area contributed by atoms with Gasteiger partial charge in [-0.05, 0) is 25.1 Å². The lowest BCUT2D eigenvalue weighted by Crippen LogP contribution is -2.14. The molecule has 1 aromatic carbocycles. The van der Waals surface area contributed by atoms with Crippen molar-refractivity contribution in [3.63, 3.8) is 0 Å². The smallest absolute Gasteiger partial charge is 0.375 e. The molecule has 1 aromatic heterocycles. The van der Waals surface area contributed by atoms with Gasteiger partial charge in [0.1, 0.15) is 12.6 Å². The number of hydrogen-bond donors (Lipinski definition) is 1. The number of Topliss-reactive ketones (excluding diaryl/α,β-unsaturated/α-hetero) is 1. The van der Waals surface area contributed by atoms with Crippen molar-refractivity contribution in [1.29, 1.82) is 0 Å². The first-order valence-corrected chi connectivity index (χ1v) is 4.86. The van der Waals surface area contributed by atoms with Crippen molar-refractivity contribution < 1.29 is 19.5 Å². The second-order valence-electron chi connectivity index (χ2n) is 3.48. The maximum absolute atomic E-state index is 11.2. The lowest BCUT2D eigenvalue weighted by Gasteiger charge is -2.03. The molecule has 0 aliphatic rings. The van der Waals surface area contributed by atoms with Crippen LogP contribution in [0.15, 0.2) is 18.2 Å². The van der Waals surface area contributed by atoms with E-state index in [2.05, 4.69) is 4.98 Å². The number of ketones is 1. The van der Waals surface area contributed by atoms with E-state index in [1.165, 1.54) is 14.0 Å². The van der Waals surface area contributed by atoms with E-state index < -0.39 is 5.97 Å². The van der Waals surface area contributed by atoms with Gasteiger partial charge in [0, 0.05) is 5.56 Å².